The van der Waals surface area contributed by atoms with Crippen LogP contribution in [0.15, 0.2) is 36.4 Å². The third-order valence-electron chi connectivity index (χ3n) is 4.52. The van der Waals surface area contributed by atoms with Gasteiger partial charge in [-0.3, -0.25) is 14.4 Å². The number of esters is 1. The molecule has 0 aliphatic rings. The maximum Gasteiger partial charge on any atom is 0.311 e. The Kier molecular flexibility index (Phi) is 9.12. The second-order valence-electron chi connectivity index (χ2n) is 6.31. The van der Waals surface area contributed by atoms with Crippen LogP contribution < -0.4 is 9.47 Å². The lowest BCUT2D eigenvalue weighted by Gasteiger charge is -2.20. The zero-order valence-electron chi connectivity index (χ0n) is 17.6. The van der Waals surface area contributed by atoms with Crippen molar-refractivity contribution in [2.75, 3.05) is 27.0 Å². The second-order valence-corrected chi connectivity index (χ2v) is 8.29. The summed E-state index contributed by atoms with van der Waals surface area (Å²) in [4.78, 5) is 39.4. The van der Waals surface area contributed by atoms with Crippen molar-refractivity contribution in [3.63, 3.8) is 0 Å². The molecule has 0 heterocycles. The monoisotopic (exact) mass is 448 g/mol. The number of carbonyl (C=O) groups is 3. The highest BCUT2D eigenvalue weighted by Gasteiger charge is 2.36. The number of aliphatic hydroxyl groups is 2. The zero-order chi connectivity index (χ0) is 23.0. The van der Waals surface area contributed by atoms with Crippen LogP contribution in [0.4, 0.5) is 0 Å². The van der Waals surface area contributed by atoms with E-state index in [0.29, 0.717) is 0 Å². The maximum absolute atomic E-state index is 13.6. The van der Waals surface area contributed by atoms with E-state index in [9.17, 15) is 24.6 Å². The maximum atomic E-state index is 13.6. The molecule has 2 aromatic carbocycles. The summed E-state index contributed by atoms with van der Waals surface area (Å²) in [7, 11) is 0.453. The molecule has 0 aromatic heterocycles. The standard InChI is InChI=1S/C22H25O8P/c1-4-30-18(25)13-31(21(26)19-14(11-23)7-5-8-15(19)12-24)22(27)20-16(28-2)9-6-10-17(20)29-3/h5-10,23-24H,4,11-13H2,1-3H3. The molecule has 31 heavy (non-hydrogen) atoms. The lowest BCUT2D eigenvalue weighted by molar-refractivity contribution is -0.139. The van der Waals surface area contributed by atoms with Crippen LogP contribution in [0.25, 0.3) is 0 Å². The highest BCUT2D eigenvalue weighted by atomic mass is 31.1. The summed E-state index contributed by atoms with van der Waals surface area (Å²) < 4.78 is 15.6. The molecule has 0 spiro atoms. The van der Waals surface area contributed by atoms with Crippen LogP contribution >= 0.6 is 7.92 Å². The quantitative estimate of drug-likeness (QED) is 0.398. The first kappa shape index (κ1) is 24.5. The number of carbonyl (C=O) groups excluding carboxylic acids is 3. The number of methoxy groups -OCH3 is 2. The van der Waals surface area contributed by atoms with E-state index < -0.39 is 44.3 Å². The summed E-state index contributed by atoms with van der Waals surface area (Å²) in [6.45, 7) is 0.781. The van der Waals surface area contributed by atoms with Crippen molar-refractivity contribution >= 4 is 24.9 Å². The molecule has 0 fully saturated rings. The normalized spacial score (nSPS) is 11.5. The predicted octanol–water partition coefficient (Wildman–Crippen LogP) is 2.71. The summed E-state index contributed by atoms with van der Waals surface area (Å²) in [5, 5.41) is 19.4. The number of hydrogen-bond acceptors (Lipinski definition) is 8. The molecule has 1 unspecified atom stereocenters. The second kappa shape index (κ2) is 11.6. The lowest BCUT2D eigenvalue weighted by atomic mass is 10.0. The number of ether oxygens (including phenoxy) is 3. The number of hydrogen-bond donors (Lipinski definition) is 2. The molecular weight excluding hydrogens is 423 g/mol. The van der Waals surface area contributed by atoms with Crippen LogP contribution in [-0.4, -0.2) is 54.2 Å². The van der Waals surface area contributed by atoms with Crippen molar-refractivity contribution in [1.82, 2.24) is 0 Å². The van der Waals surface area contributed by atoms with Gasteiger partial charge in [-0.15, -0.1) is 0 Å². The van der Waals surface area contributed by atoms with Gasteiger partial charge in [0.15, 0.2) is 11.0 Å². The van der Waals surface area contributed by atoms with Gasteiger partial charge in [0.2, 0.25) is 0 Å². The van der Waals surface area contributed by atoms with Crippen molar-refractivity contribution in [2.24, 2.45) is 0 Å². The Labute approximate surface area is 181 Å². The van der Waals surface area contributed by atoms with Gasteiger partial charge in [-0.1, -0.05) is 24.3 Å². The van der Waals surface area contributed by atoms with Gasteiger partial charge in [0, 0.05) is 5.56 Å². The predicted molar refractivity (Wildman–Crippen MR) is 115 cm³/mol. The fourth-order valence-electron chi connectivity index (χ4n) is 3.10. The Morgan fingerprint density at radius 1 is 0.839 bits per heavy atom. The molecule has 0 bridgehead atoms. The van der Waals surface area contributed by atoms with E-state index in [1.807, 2.05) is 0 Å². The molecule has 0 radical (unpaired) electrons. The molecule has 0 saturated heterocycles. The molecule has 2 N–H and O–H groups in total. The fraction of sp³-hybridized carbons (Fsp3) is 0.318. The molecule has 2 aromatic rings. The molecule has 2 rings (SSSR count). The lowest BCUT2D eigenvalue weighted by Crippen LogP contribution is -2.19. The Morgan fingerprint density at radius 3 is 1.77 bits per heavy atom. The van der Waals surface area contributed by atoms with E-state index in [2.05, 4.69) is 0 Å². The summed E-state index contributed by atoms with van der Waals surface area (Å²) in [6.07, 6.45) is -0.452. The number of aliphatic hydroxyl groups excluding tert-OH is 2. The van der Waals surface area contributed by atoms with Crippen LogP contribution in [-0.2, 0) is 22.7 Å². The van der Waals surface area contributed by atoms with Crippen LogP contribution in [0, 0.1) is 0 Å². The molecule has 0 aliphatic heterocycles. The Hall–Kier alpha value is -2.80. The smallest absolute Gasteiger partial charge is 0.311 e. The Bertz CT molecular complexity index is 845. The van der Waals surface area contributed by atoms with Crippen molar-refractivity contribution < 1.29 is 38.8 Å². The average molecular weight is 448 g/mol. The fourth-order valence-corrected chi connectivity index (χ4v) is 4.96. The first-order chi connectivity index (χ1) is 14.9. The molecule has 166 valence electrons. The van der Waals surface area contributed by atoms with E-state index in [1.165, 1.54) is 26.4 Å². The molecule has 9 heteroatoms. The van der Waals surface area contributed by atoms with Crippen molar-refractivity contribution in [2.45, 2.75) is 20.1 Å². The minimum atomic E-state index is -2.31. The van der Waals surface area contributed by atoms with Crippen molar-refractivity contribution in [3.8, 4) is 11.5 Å². The van der Waals surface area contributed by atoms with E-state index in [-0.39, 0.29) is 40.4 Å². The van der Waals surface area contributed by atoms with Gasteiger partial charge in [0.05, 0.1) is 48.1 Å². The first-order valence-corrected chi connectivity index (χ1v) is 11.0. The Morgan fingerprint density at radius 2 is 1.32 bits per heavy atom. The largest absolute Gasteiger partial charge is 0.496 e. The van der Waals surface area contributed by atoms with E-state index >= 15 is 0 Å². The van der Waals surface area contributed by atoms with Crippen molar-refractivity contribution in [1.29, 1.82) is 0 Å². The minimum absolute atomic E-state index is 0.0325. The van der Waals surface area contributed by atoms with Crippen LogP contribution in [0.1, 0.15) is 38.8 Å². The SMILES string of the molecule is CCOC(=O)CP(C(=O)c1c(CO)cccc1CO)C(=O)c1c(OC)cccc1OC. The molecule has 1 atom stereocenters. The van der Waals surface area contributed by atoms with Gasteiger partial charge < -0.3 is 24.4 Å². The third kappa shape index (κ3) is 5.47. The highest BCUT2D eigenvalue weighted by molar-refractivity contribution is 7.91. The van der Waals surface area contributed by atoms with Gasteiger partial charge in [-0.05, 0) is 30.2 Å². The molecule has 8 nitrogen and oxygen atoms in total. The Balaban J connectivity index is 2.64. The average Bonchev–Trinajstić information content (AvgIpc) is 2.80. The summed E-state index contributed by atoms with van der Waals surface area (Å²) in [5.74, 6) is -0.297. The van der Waals surface area contributed by atoms with Gasteiger partial charge in [0.25, 0.3) is 0 Å². The topological polar surface area (TPSA) is 119 Å². The highest BCUT2D eigenvalue weighted by Crippen LogP contribution is 2.48. The zero-order valence-corrected chi connectivity index (χ0v) is 18.5. The first-order valence-electron chi connectivity index (χ1n) is 9.48. The van der Waals surface area contributed by atoms with Crippen LogP contribution in [0.5, 0.6) is 11.5 Å². The van der Waals surface area contributed by atoms with Crippen LogP contribution in [0.2, 0.25) is 0 Å². The number of benzene rings is 2. The van der Waals surface area contributed by atoms with E-state index in [4.69, 9.17) is 14.2 Å². The van der Waals surface area contributed by atoms with Crippen molar-refractivity contribution in [3.05, 3.63) is 58.7 Å². The molecule has 0 aliphatic carbocycles. The summed E-state index contributed by atoms with van der Waals surface area (Å²) in [6, 6.07) is 9.39. The van der Waals surface area contributed by atoms with E-state index in [0.717, 1.165) is 0 Å². The number of rotatable bonds is 11. The van der Waals surface area contributed by atoms with Gasteiger partial charge in [-0.25, -0.2) is 0 Å². The van der Waals surface area contributed by atoms with Gasteiger partial charge in [-0.2, -0.15) is 0 Å². The van der Waals surface area contributed by atoms with Gasteiger partial charge in [0.1, 0.15) is 17.1 Å². The molecular formula is C22H25O8P. The van der Waals surface area contributed by atoms with Crippen LogP contribution in [0.3, 0.4) is 0 Å². The molecule has 0 saturated carbocycles. The summed E-state index contributed by atoms with van der Waals surface area (Å²) in [5.41, 5.74) is -0.678. The minimum Gasteiger partial charge on any atom is -0.496 e. The summed E-state index contributed by atoms with van der Waals surface area (Å²) >= 11 is 0. The third-order valence-corrected chi connectivity index (χ3v) is 6.52. The molecule has 0 amide bonds. The van der Waals surface area contributed by atoms with Gasteiger partial charge >= 0.3 is 5.97 Å². The van der Waals surface area contributed by atoms with E-state index in [1.54, 1.807) is 31.2 Å².